The Balaban J connectivity index is 1.43. The van der Waals surface area contributed by atoms with Crippen molar-refractivity contribution in [1.82, 2.24) is 10.6 Å². The van der Waals surface area contributed by atoms with E-state index in [0.717, 1.165) is 19.4 Å². The minimum Gasteiger partial charge on any atom is -0.377 e. The Labute approximate surface area is 140 Å². The molecule has 1 aromatic rings. The molecule has 3 atom stereocenters. The highest BCUT2D eigenvalue weighted by molar-refractivity contribution is 7.08. The van der Waals surface area contributed by atoms with Gasteiger partial charge >= 0.3 is 0 Å². The van der Waals surface area contributed by atoms with Crippen molar-refractivity contribution in [3.8, 4) is 0 Å². The molecule has 23 heavy (non-hydrogen) atoms. The third-order valence-corrected chi connectivity index (χ3v) is 5.75. The maximum absolute atomic E-state index is 12.2. The van der Waals surface area contributed by atoms with Gasteiger partial charge in [-0.25, -0.2) is 0 Å². The van der Waals surface area contributed by atoms with E-state index in [1.165, 1.54) is 11.3 Å². The lowest BCUT2D eigenvalue weighted by Gasteiger charge is -2.59. The molecule has 1 aliphatic heterocycles. The molecule has 1 aliphatic carbocycles. The number of amides is 2. The minimum atomic E-state index is -0.122. The van der Waals surface area contributed by atoms with E-state index < -0.39 is 0 Å². The molecule has 1 aromatic heterocycles. The Morgan fingerprint density at radius 1 is 1.43 bits per heavy atom. The predicted molar refractivity (Wildman–Crippen MR) is 89.4 cm³/mol. The maximum atomic E-state index is 12.2. The van der Waals surface area contributed by atoms with Gasteiger partial charge in [0, 0.05) is 47.9 Å². The van der Waals surface area contributed by atoms with Crippen LogP contribution in [-0.2, 0) is 9.53 Å². The second kappa shape index (κ2) is 6.61. The first-order valence-corrected chi connectivity index (χ1v) is 9.16. The van der Waals surface area contributed by atoms with Gasteiger partial charge in [0.2, 0.25) is 5.91 Å². The monoisotopic (exact) mass is 336 g/mol. The lowest BCUT2D eigenvalue weighted by molar-refractivity contribution is -0.193. The van der Waals surface area contributed by atoms with E-state index in [2.05, 4.69) is 24.5 Å². The van der Waals surface area contributed by atoms with Gasteiger partial charge in [0.25, 0.3) is 5.91 Å². The molecule has 2 heterocycles. The van der Waals surface area contributed by atoms with Gasteiger partial charge in [0.05, 0.1) is 6.10 Å². The van der Waals surface area contributed by atoms with Crippen LogP contribution in [0.3, 0.4) is 0 Å². The van der Waals surface area contributed by atoms with E-state index in [1.54, 1.807) is 11.4 Å². The summed E-state index contributed by atoms with van der Waals surface area (Å²) < 4.78 is 5.85. The summed E-state index contributed by atoms with van der Waals surface area (Å²) in [6, 6.07) is 1.95. The normalized spacial score (nSPS) is 28.3. The Hall–Kier alpha value is -1.40. The lowest BCUT2D eigenvalue weighted by Crippen LogP contribution is -2.70. The quantitative estimate of drug-likeness (QED) is 0.866. The van der Waals surface area contributed by atoms with Crippen molar-refractivity contribution in [2.24, 2.45) is 11.3 Å². The fraction of sp³-hybridized carbons (Fsp3) is 0.647. The first-order chi connectivity index (χ1) is 11.0. The number of hydrogen-bond donors (Lipinski definition) is 2. The van der Waals surface area contributed by atoms with Gasteiger partial charge in [-0.3, -0.25) is 9.59 Å². The molecular weight excluding hydrogens is 312 g/mol. The molecule has 2 amide bonds. The molecular formula is C17H24N2O3S. The van der Waals surface area contributed by atoms with E-state index in [0.29, 0.717) is 24.4 Å². The van der Waals surface area contributed by atoms with E-state index in [9.17, 15) is 9.59 Å². The topological polar surface area (TPSA) is 67.4 Å². The molecule has 1 saturated heterocycles. The summed E-state index contributed by atoms with van der Waals surface area (Å²) >= 11 is 1.48. The Morgan fingerprint density at radius 2 is 2.26 bits per heavy atom. The number of carbonyl (C=O) groups excluding carboxylic acids is 2. The Morgan fingerprint density at radius 3 is 3.00 bits per heavy atom. The second-order valence-corrected chi connectivity index (χ2v) is 7.76. The van der Waals surface area contributed by atoms with Crippen LogP contribution in [0.25, 0.3) is 0 Å². The standard InChI is InChI=1S/C17H24N2O3S/c1-17(2)14(12-4-3-8-22-15(12)17)19-13(20)5-7-18-16(21)11-6-9-23-10-11/h6,9-10,12,14-15H,3-5,7-8H2,1-2H3,(H,18,21)(H,19,20)/t12-,14+,15+/m0/s1. The van der Waals surface area contributed by atoms with Gasteiger partial charge < -0.3 is 15.4 Å². The third-order valence-electron chi connectivity index (χ3n) is 5.07. The molecule has 3 rings (SSSR count). The molecule has 5 nitrogen and oxygen atoms in total. The molecule has 6 heteroatoms. The molecule has 0 spiro atoms. The van der Waals surface area contributed by atoms with Crippen LogP contribution in [0.2, 0.25) is 0 Å². The van der Waals surface area contributed by atoms with Crippen LogP contribution in [0, 0.1) is 11.3 Å². The Bertz CT molecular complexity index is 570. The van der Waals surface area contributed by atoms with Gasteiger partial charge in [-0.05, 0) is 24.3 Å². The largest absolute Gasteiger partial charge is 0.377 e. The van der Waals surface area contributed by atoms with E-state index in [1.807, 2.05) is 5.38 Å². The maximum Gasteiger partial charge on any atom is 0.252 e. The average molecular weight is 336 g/mol. The number of carbonyl (C=O) groups is 2. The molecule has 2 fully saturated rings. The highest BCUT2D eigenvalue weighted by Crippen LogP contribution is 2.51. The van der Waals surface area contributed by atoms with Crippen LogP contribution in [-0.4, -0.2) is 37.1 Å². The predicted octanol–water partition coefficient (Wildman–Crippen LogP) is 2.19. The Kier molecular flexibility index (Phi) is 4.73. The molecule has 2 aliphatic rings. The summed E-state index contributed by atoms with van der Waals surface area (Å²) in [6.07, 6.45) is 2.76. The van der Waals surface area contributed by atoms with Crippen LogP contribution in [0.5, 0.6) is 0 Å². The van der Waals surface area contributed by atoms with Crippen molar-refractivity contribution in [3.63, 3.8) is 0 Å². The third kappa shape index (κ3) is 3.28. The number of rotatable bonds is 5. The van der Waals surface area contributed by atoms with Crippen LogP contribution < -0.4 is 10.6 Å². The fourth-order valence-electron chi connectivity index (χ4n) is 3.85. The summed E-state index contributed by atoms with van der Waals surface area (Å²) in [5.74, 6) is 0.310. The zero-order valence-electron chi connectivity index (χ0n) is 13.6. The SMILES string of the molecule is CC1(C)[C@H](NC(=O)CCNC(=O)c2ccsc2)[C@@H]2CCCO[C@H]21. The van der Waals surface area contributed by atoms with Crippen molar-refractivity contribution in [2.45, 2.75) is 45.3 Å². The van der Waals surface area contributed by atoms with Crippen molar-refractivity contribution >= 4 is 23.2 Å². The molecule has 126 valence electrons. The summed E-state index contributed by atoms with van der Waals surface area (Å²) in [5.41, 5.74) is 0.637. The van der Waals surface area contributed by atoms with Crippen LogP contribution >= 0.6 is 11.3 Å². The van der Waals surface area contributed by atoms with Gasteiger partial charge in [-0.2, -0.15) is 11.3 Å². The van der Waals surface area contributed by atoms with Gasteiger partial charge in [-0.15, -0.1) is 0 Å². The number of ether oxygens (including phenoxy) is 1. The summed E-state index contributed by atoms with van der Waals surface area (Å²) in [4.78, 5) is 24.0. The zero-order chi connectivity index (χ0) is 16.4. The summed E-state index contributed by atoms with van der Waals surface area (Å²) in [6.45, 7) is 5.50. The average Bonchev–Trinajstić information content (AvgIpc) is 3.07. The highest BCUT2D eigenvalue weighted by Gasteiger charge is 2.58. The number of hydrogen-bond acceptors (Lipinski definition) is 4. The number of nitrogens with one attached hydrogen (secondary N) is 2. The van der Waals surface area contributed by atoms with Gasteiger partial charge in [0.1, 0.15) is 0 Å². The first kappa shape index (κ1) is 16.5. The van der Waals surface area contributed by atoms with Crippen molar-refractivity contribution in [1.29, 1.82) is 0 Å². The zero-order valence-corrected chi connectivity index (χ0v) is 14.4. The number of fused-ring (bicyclic) bond motifs is 1. The van der Waals surface area contributed by atoms with Gasteiger partial charge in [0.15, 0.2) is 0 Å². The summed E-state index contributed by atoms with van der Waals surface area (Å²) in [5, 5.41) is 9.60. The highest BCUT2D eigenvalue weighted by atomic mass is 32.1. The molecule has 2 N–H and O–H groups in total. The molecule has 1 saturated carbocycles. The van der Waals surface area contributed by atoms with E-state index in [-0.39, 0.29) is 29.4 Å². The molecule has 0 bridgehead atoms. The smallest absolute Gasteiger partial charge is 0.252 e. The first-order valence-electron chi connectivity index (χ1n) is 8.21. The van der Waals surface area contributed by atoms with Crippen LogP contribution in [0.1, 0.15) is 43.5 Å². The van der Waals surface area contributed by atoms with Gasteiger partial charge in [-0.1, -0.05) is 13.8 Å². The molecule has 0 aromatic carbocycles. The fourth-order valence-corrected chi connectivity index (χ4v) is 4.48. The van der Waals surface area contributed by atoms with Crippen molar-refractivity contribution < 1.29 is 14.3 Å². The van der Waals surface area contributed by atoms with Crippen molar-refractivity contribution in [2.75, 3.05) is 13.2 Å². The van der Waals surface area contributed by atoms with Crippen molar-refractivity contribution in [3.05, 3.63) is 22.4 Å². The molecule has 0 radical (unpaired) electrons. The lowest BCUT2D eigenvalue weighted by atomic mass is 9.55. The number of thiophene rings is 1. The molecule has 0 unspecified atom stereocenters. The summed E-state index contributed by atoms with van der Waals surface area (Å²) in [7, 11) is 0. The van der Waals surface area contributed by atoms with E-state index >= 15 is 0 Å². The minimum absolute atomic E-state index is 0.00211. The van der Waals surface area contributed by atoms with E-state index in [4.69, 9.17) is 4.74 Å². The van der Waals surface area contributed by atoms with Crippen LogP contribution in [0.15, 0.2) is 16.8 Å². The second-order valence-electron chi connectivity index (χ2n) is 6.98. The van der Waals surface area contributed by atoms with Crippen LogP contribution in [0.4, 0.5) is 0 Å².